The standard InChI is InChI=1S/C14H19FN2O2S/c1-19-6-5-17(11-4-7-20-9-11)14(18)12-8-10(15)2-3-13(12)16/h2-3,8,11H,4-7,9,16H2,1H3. The number of benzene rings is 1. The van der Waals surface area contributed by atoms with Crippen molar-refractivity contribution in [3.8, 4) is 0 Å². The molecule has 1 amide bonds. The fourth-order valence-corrected chi connectivity index (χ4v) is 3.50. The Morgan fingerprint density at radius 3 is 3.05 bits per heavy atom. The van der Waals surface area contributed by atoms with E-state index in [0.29, 0.717) is 18.8 Å². The van der Waals surface area contributed by atoms with Crippen LogP contribution in [0, 0.1) is 5.82 Å². The van der Waals surface area contributed by atoms with Gasteiger partial charge in [-0.15, -0.1) is 0 Å². The second-order valence-corrected chi connectivity index (χ2v) is 5.89. The van der Waals surface area contributed by atoms with Crippen LogP contribution in [-0.4, -0.2) is 48.6 Å². The van der Waals surface area contributed by atoms with E-state index in [-0.39, 0.29) is 17.5 Å². The van der Waals surface area contributed by atoms with Gasteiger partial charge in [-0.2, -0.15) is 11.8 Å². The Bertz CT molecular complexity index is 478. The maximum absolute atomic E-state index is 13.3. The van der Waals surface area contributed by atoms with E-state index in [0.717, 1.165) is 17.9 Å². The highest BCUT2D eigenvalue weighted by Crippen LogP contribution is 2.25. The van der Waals surface area contributed by atoms with Gasteiger partial charge in [-0.3, -0.25) is 4.79 Å². The van der Waals surface area contributed by atoms with Crippen LogP contribution in [0.5, 0.6) is 0 Å². The molecule has 1 aromatic rings. The Balaban J connectivity index is 2.22. The maximum Gasteiger partial charge on any atom is 0.256 e. The molecule has 0 aliphatic carbocycles. The van der Waals surface area contributed by atoms with Gasteiger partial charge in [-0.25, -0.2) is 4.39 Å². The number of ether oxygens (including phenoxy) is 1. The minimum Gasteiger partial charge on any atom is -0.398 e. The van der Waals surface area contributed by atoms with Gasteiger partial charge in [-0.1, -0.05) is 0 Å². The van der Waals surface area contributed by atoms with Crippen molar-refractivity contribution < 1.29 is 13.9 Å². The van der Waals surface area contributed by atoms with Crippen LogP contribution in [0.4, 0.5) is 10.1 Å². The van der Waals surface area contributed by atoms with Gasteiger partial charge in [0.1, 0.15) is 5.82 Å². The van der Waals surface area contributed by atoms with Crippen LogP contribution in [0.15, 0.2) is 18.2 Å². The zero-order valence-electron chi connectivity index (χ0n) is 11.5. The molecule has 1 fully saturated rings. The summed E-state index contributed by atoms with van der Waals surface area (Å²) in [5.74, 6) is 1.28. The molecule has 1 aromatic carbocycles. The first kappa shape index (κ1) is 15.1. The molecule has 1 atom stereocenters. The minimum absolute atomic E-state index is 0.172. The molecule has 1 aliphatic rings. The highest BCUT2D eigenvalue weighted by atomic mass is 32.2. The number of rotatable bonds is 5. The van der Waals surface area contributed by atoms with Crippen molar-refractivity contribution in [2.45, 2.75) is 12.5 Å². The highest BCUT2D eigenvalue weighted by molar-refractivity contribution is 7.99. The van der Waals surface area contributed by atoms with E-state index in [4.69, 9.17) is 10.5 Å². The predicted octanol–water partition coefficient (Wildman–Crippen LogP) is 2.00. The van der Waals surface area contributed by atoms with Crippen molar-refractivity contribution in [1.82, 2.24) is 4.90 Å². The van der Waals surface area contributed by atoms with Crippen LogP contribution < -0.4 is 5.73 Å². The fourth-order valence-electron chi connectivity index (χ4n) is 2.28. The molecular formula is C14H19FN2O2S. The van der Waals surface area contributed by atoms with E-state index in [1.807, 2.05) is 11.8 Å². The Hall–Kier alpha value is -1.27. The number of nitrogens with zero attached hydrogens (tertiary/aromatic N) is 1. The lowest BCUT2D eigenvalue weighted by Crippen LogP contribution is -2.42. The van der Waals surface area contributed by atoms with E-state index >= 15 is 0 Å². The van der Waals surface area contributed by atoms with Crippen LogP contribution in [0.2, 0.25) is 0 Å². The number of nitrogens with two attached hydrogens (primary N) is 1. The summed E-state index contributed by atoms with van der Waals surface area (Å²) in [5, 5.41) is 0. The van der Waals surface area contributed by atoms with Crippen LogP contribution in [-0.2, 0) is 4.74 Å². The summed E-state index contributed by atoms with van der Waals surface area (Å²) in [6, 6.07) is 4.07. The van der Waals surface area contributed by atoms with E-state index in [1.54, 1.807) is 12.0 Å². The number of halogens is 1. The van der Waals surface area contributed by atoms with Gasteiger partial charge >= 0.3 is 0 Å². The van der Waals surface area contributed by atoms with Gasteiger partial charge in [-0.05, 0) is 30.4 Å². The van der Waals surface area contributed by atoms with Crippen molar-refractivity contribution in [2.75, 3.05) is 37.5 Å². The molecule has 6 heteroatoms. The molecule has 0 aromatic heterocycles. The molecule has 1 saturated heterocycles. The summed E-state index contributed by atoms with van der Waals surface area (Å²) < 4.78 is 18.4. The van der Waals surface area contributed by atoms with Gasteiger partial charge in [0, 0.05) is 31.1 Å². The van der Waals surface area contributed by atoms with Crippen molar-refractivity contribution in [3.05, 3.63) is 29.6 Å². The summed E-state index contributed by atoms with van der Waals surface area (Å²) in [4.78, 5) is 14.4. The van der Waals surface area contributed by atoms with E-state index in [2.05, 4.69) is 0 Å². The Morgan fingerprint density at radius 2 is 2.40 bits per heavy atom. The highest BCUT2D eigenvalue weighted by Gasteiger charge is 2.28. The summed E-state index contributed by atoms with van der Waals surface area (Å²) in [6.07, 6.45) is 0.954. The largest absolute Gasteiger partial charge is 0.398 e. The summed E-state index contributed by atoms with van der Waals surface area (Å²) in [7, 11) is 1.60. The average Bonchev–Trinajstić information content (AvgIpc) is 2.95. The first-order valence-corrected chi connectivity index (χ1v) is 7.71. The molecular weight excluding hydrogens is 279 g/mol. The maximum atomic E-state index is 13.3. The molecule has 1 heterocycles. The fraction of sp³-hybridized carbons (Fsp3) is 0.500. The van der Waals surface area contributed by atoms with Crippen LogP contribution in [0.3, 0.4) is 0 Å². The van der Waals surface area contributed by atoms with E-state index in [9.17, 15) is 9.18 Å². The molecule has 1 unspecified atom stereocenters. The number of nitrogen functional groups attached to an aromatic ring is 1. The summed E-state index contributed by atoms with van der Waals surface area (Å²) in [6.45, 7) is 0.957. The van der Waals surface area contributed by atoms with Crippen molar-refractivity contribution in [2.24, 2.45) is 0 Å². The number of thioether (sulfide) groups is 1. The lowest BCUT2D eigenvalue weighted by atomic mass is 10.1. The number of hydrogen-bond donors (Lipinski definition) is 1. The molecule has 1 aliphatic heterocycles. The number of amides is 1. The van der Waals surface area contributed by atoms with Crippen molar-refractivity contribution in [1.29, 1.82) is 0 Å². The number of methoxy groups -OCH3 is 1. The molecule has 0 spiro atoms. The molecule has 2 N–H and O–H groups in total. The molecule has 2 rings (SSSR count). The molecule has 0 bridgehead atoms. The first-order chi connectivity index (χ1) is 9.63. The SMILES string of the molecule is COCCN(C(=O)c1cc(F)ccc1N)C1CCSC1. The lowest BCUT2D eigenvalue weighted by molar-refractivity contribution is 0.0625. The molecule has 0 radical (unpaired) electrons. The third kappa shape index (κ3) is 3.43. The Labute approximate surface area is 122 Å². The van der Waals surface area contributed by atoms with Gasteiger partial charge in [0.25, 0.3) is 5.91 Å². The van der Waals surface area contributed by atoms with Crippen LogP contribution in [0.25, 0.3) is 0 Å². The zero-order valence-corrected chi connectivity index (χ0v) is 12.3. The predicted molar refractivity (Wildman–Crippen MR) is 79.5 cm³/mol. The molecule has 110 valence electrons. The third-order valence-electron chi connectivity index (χ3n) is 3.39. The molecule has 20 heavy (non-hydrogen) atoms. The quantitative estimate of drug-likeness (QED) is 0.845. The zero-order chi connectivity index (χ0) is 14.5. The van der Waals surface area contributed by atoms with Gasteiger partial charge in [0.15, 0.2) is 0 Å². The summed E-state index contributed by atoms with van der Waals surface area (Å²) >= 11 is 1.82. The second-order valence-electron chi connectivity index (χ2n) is 4.74. The topological polar surface area (TPSA) is 55.6 Å². The molecule has 4 nitrogen and oxygen atoms in total. The molecule has 0 saturated carbocycles. The number of carbonyl (C=O) groups is 1. The monoisotopic (exact) mass is 298 g/mol. The summed E-state index contributed by atoms with van der Waals surface area (Å²) in [5.41, 5.74) is 6.35. The number of carbonyl (C=O) groups excluding carboxylic acids is 1. The first-order valence-electron chi connectivity index (χ1n) is 6.56. The van der Waals surface area contributed by atoms with Crippen LogP contribution in [0.1, 0.15) is 16.8 Å². The number of anilines is 1. The minimum atomic E-state index is -0.449. The average molecular weight is 298 g/mol. The van der Waals surface area contributed by atoms with E-state index in [1.165, 1.54) is 18.2 Å². The Morgan fingerprint density at radius 1 is 1.60 bits per heavy atom. The smallest absolute Gasteiger partial charge is 0.256 e. The second kappa shape index (κ2) is 6.95. The van der Waals surface area contributed by atoms with Crippen molar-refractivity contribution >= 4 is 23.4 Å². The van der Waals surface area contributed by atoms with Gasteiger partial charge < -0.3 is 15.4 Å². The third-order valence-corrected chi connectivity index (χ3v) is 4.53. The van der Waals surface area contributed by atoms with Crippen molar-refractivity contribution in [3.63, 3.8) is 0 Å². The van der Waals surface area contributed by atoms with Crippen LogP contribution >= 0.6 is 11.8 Å². The van der Waals surface area contributed by atoms with Gasteiger partial charge in [0.05, 0.1) is 12.2 Å². The Kier molecular flexibility index (Phi) is 5.25. The normalized spacial score (nSPS) is 18.2. The number of hydrogen-bond acceptors (Lipinski definition) is 4. The van der Waals surface area contributed by atoms with E-state index < -0.39 is 5.82 Å². The van der Waals surface area contributed by atoms with Gasteiger partial charge in [0.2, 0.25) is 0 Å². The lowest BCUT2D eigenvalue weighted by Gasteiger charge is -2.28.